The van der Waals surface area contributed by atoms with E-state index in [2.05, 4.69) is 22.1 Å². The highest BCUT2D eigenvalue weighted by atomic mass is 35.5. The van der Waals surface area contributed by atoms with Gasteiger partial charge in [0.15, 0.2) is 0 Å². The summed E-state index contributed by atoms with van der Waals surface area (Å²) in [5.74, 6) is 1.17. The molecule has 0 aliphatic carbocycles. The fraction of sp³-hybridized carbons (Fsp3) is 0.444. The molecule has 1 amide bonds. The highest BCUT2D eigenvalue weighted by Gasteiger charge is 2.40. The van der Waals surface area contributed by atoms with Crippen molar-refractivity contribution in [3.63, 3.8) is 0 Å². The van der Waals surface area contributed by atoms with Crippen molar-refractivity contribution in [2.45, 2.75) is 31.8 Å². The Hall–Kier alpha value is -1.63. The largest absolute Gasteiger partial charge is 0.431 e. The van der Waals surface area contributed by atoms with Gasteiger partial charge in [-0.2, -0.15) is 0 Å². The lowest BCUT2D eigenvalue weighted by atomic mass is 9.79. The molecule has 1 aromatic carbocycles. The highest BCUT2D eigenvalue weighted by molar-refractivity contribution is 7.15. The first kappa shape index (κ1) is 16.8. The summed E-state index contributed by atoms with van der Waals surface area (Å²) in [6.45, 7) is 4.51. The van der Waals surface area contributed by atoms with Crippen LogP contribution < -0.4 is 10.1 Å². The Balaban J connectivity index is 1.41. The number of nitrogens with one attached hydrogen (secondary N) is 1. The minimum Gasteiger partial charge on any atom is -0.431 e. The summed E-state index contributed by atoms with van der Waals surface area (Å²) in [7, 11) is 0. The Morgan fingerprint density at radius 1 is 1.32 bits per heavy atom. The molecule has 2 aromatic rings. The molecular weight excluding hydrogens is 358 g/mol. The van der Waals surface area contributed by atoms with E-state index in [0.717, 1.165) is 13.1 Å². The summed E-state index contributed by atoms with van der Waals surface area (Å²) in [5, 5.41) is 4.32. The van der Waals surface area contributed by atoms with Gasteiger partial charge in [0.1, 0.15) is 10.6 Å². The molecular formula is C18H20ClN3O2S. The van der Waals surface area contributed by atoms with Crippen molar-refractivity contribution in [1.29, 1.82) is 0 Å². The molecule has 1 aromatic heterocycles. The molecule has 2 bridgehead atoms. The molecule has 0 saturated carbocycles. The summed E-state index contributed by atoms with van der Waals surface area (Å²) in [4.78, 5) is 19.9. The van der Waals surface area contributed by atoms with E-state index in [4.69, 9.17) is 16.3 Å². The van der Waals surface area contributed by atoms with Crippen LogP contribution in [0.5, 0.6) is 10.9 Å². The van der Waals surface area contributed by atoms with Gasteiger partial charge in [-0.05, 0) is 63.0 Å². The number of benzene rings is 1. The van der Waals surface area contributed by atoms with E-state index in [1.54, 1.807) is 30.5 Å². The molecule has 7 heteroatoms. The number of halogens is 1. The van der Waals surface area contributed by atoms with E-state index in [-0.39, 0.29) is 11.9 Å². The van der Waals surface area contributed by atoms with Crippen LogP contribution in [0.2, 0.25) is 5.02 Å². The molecule has 0 spiro atoms. The maximum absolute atomic E-state index is 12.6. The van der Waals surface area contributed by atoms with Crippen LogP contribution in [0.15, 0.2) is 30.5 Å². The predicted molar refractivity (Wildman–Crippen MR) is 98.7 cm³/mol. The van der Waals surface area contributed by atoms with E-state index in [0.29, 0.717) is 32.8 Å². The first-order valence-electron chi connectivity index (χ1n) is 8.54. The van der Waals surface area contributed by atoms with Crippen molar-refractivity contribution in [3.8, 4) is 10.9 Å². The molecule has 25 heavy (non-hydrogen) atoms. The number of thiazole rings is 1. The smallest absolute Gasteiger partial charge is 0.279 e. The first-order chi connectivity index (χ1) is 12.1. The molecule has 3 saturated heterocycles. The normalized spacial score (nSPS) is 27.9. The van der Waals surface area contributed by atoms with Gasteiger partial charge in [0.05, 0.1) is 6.20 Å². The number of carbonyl (C=O) groups is 1. The third kappa shape index (κ3) is 3.52. The average molecular weight is 378 g/mol. The van der Waals surface area contributed by atoms with Crippen molar-refractivity contribution >= 4 is 28.8 Å². The maximum atomic E-state index is 12.6. The number of carbonyl (C=O) groups excluding carboxylic acids is 1. The van der Waals surface area contributed by atoms with Gasteiger partial charge >= 0.3 is 0 Å². The molecule has 2 unspecified atom stereocenters. The Bertz CT molecular complexity index is 754. The molecule has 2 atom stereocenters. The molecule has 5 nitrogen and oxygen atoms in total. The minimum atomic E-state index is -0.0611. The van der Waals surface area contributed by atoms with Gasteiger partial charge in [-0.15, -0.1) is 0 Å². The van der Waals surface area contributed by atoms with Crippen LogP contribution in [-0.2, 0) is 0 Å². The first-order valence-corrected chi connectivity index (χ1v) is 9.74. The third-order valence-electron chi connectivity index (χ3n) is 5.20. The maximum Gasteiger partial charge on any atom is 0.279 e. The number of fused-ring (bicyclic) bond motifs is 3. The Morgan fingerprint density at radius 3 is 2.72 bits per heavy atom. The van der Waals surface area contributed by atoms with E-state index in [1.165, 1.54) is 24.2 Å². The molecule has 3 aliphatic rings. The Kier molecular flexibility index (Phi) is 4.67. The average Bonchev–Trinajstić information content (AvgIpc) is 3.09. The zero-order chi connectivity index (χ0) is 17.4. The lowest BCUT2D eigenvalue weighted by Crippen LogP contribution is -2.62. The number of hydrogen-bond donors (Lipinski definition) is 1. The van der Waals surface area contributed by atoms with Crippen molar-refractivity contribution in [3.05, 3.63) is 40.4 Å². The second-order valence-electron chi connectivity index (χ2n) is 6.66. The zero-order valence-corrected chi connectivity index (χ0v) is 15.5. The monoisotopic (exact) mass is 377 g/mol. The lowest BCUT2D eigenvalue weighted by molar-refractivity contribution is 0.0218. The number of hydrogen-bond acceptors (Lipinski definition) is 5. The molecule has 4 heterocycles. The van der Waals surface area contributed by atoms with Crippen LogP contribution in [0.1, 0.15) is 29.4 Å². The number of piperidine rings is 3. The van der Waals surface area contributed by atoms with Crippen LogP contribution >= 0.6 is 22.9 Å². The van der Waals surface area contributed by atoms with Gasteiger partial charge in [0.2, 0.25) is 0 Å². The van der Waals surface area contributed by atoms with Gasteiger partial charge in [0, 0.05) is 17.1 Å². The molecule has 3 fully saturated rings. The number of amides is 1. The summed E-state index contributed by atoms with van der Waals surface area (Å²) in [6, 6.07) is 7.68. The standard InChI is InChI=1S/C18H20ClN3O2S/c1-11-16(12-6-8-22(11)9-7-12)21-17(23)15-10-20-18(25-15)24-14-4-2-13(19)3-5-14/h2-5,10-12,16H,6-9H2,1H3,(H,21,23). The molecule has 0 radical (unpaired) electrons. The highest BCUT2D eigenvalue weighted by Crippen LogP contribution is 2.33. The number of aromatic nitrogens is 1. The summed E-state index contributed by atoms with van der Waals surface area (Å²) in [5.41, 5.74) is 0. The molecule has 132 valence electrons. The second-order valence-corrected chi connectivity index (χ2v) is 8.09. The second kappa shape index (κ2) is 6.94. The SMILES string of the molecule is CC1C(NC(=O)c2cnc(Oc3ccc(Cl)cc3)s2)C2CCN1CC2. The van der Waals surface area contributed by atoms with Gasteiger partial charge < -0.3 is 10.1 Å². The predicted octanol–water partition coefficient (Wildman–Crippen LogP) is 3.80. The number of ether oxygens (including phenoxy) is 1. The van der Waals surface area contributed by atoms with E-state index < -0.39 is 0 Å². The quantitative estimate of drug-likeness (QED) is 0.880. The van der Waals surface area contributed by atoms with Crippen LogP contribution in [0.25, 0.3) is 0 Å². The Morgan fingerprint density at radius 2 is 2.04 bits per heavy atom. The van der Waals surface area contributed by atoms with Crippen molar-refractivity contribution < 1.29 is 9.53 Å². The van der Waals surface area contributed by atoms with Crippen molar-refractivity contribution in [2.75, 3.05) is 13.1 Å². The van der Waals surface area contributed by atoms with Crippen LogP contribution in [-0.4, -0.2) is 41.0 Å². The van der Waals surface area contributed by atoms with E-state index >= 15 is 0 Å². The van der Waals surface area contributed by atoms with Crippen LogP contribution in [0, 0.1) is 5.92 Å². The fourth-order valence-corrected chi connectivity index (χ4v) is 4.60. The molecule has 1 N–H and O–H groups in total. The van der Waals surface area contributed by atoms with E-state index in [1.807, 2.05) is 0 Å². The van der Waals surface area contributed by atoms with Gasteiger partial charge in [-0.25, -0.2) is 4.98 Å². The number of rotatable bonds is 4. The van der Waals surface area contributed by atoms with Crippen LogP contribution in [0.3, 0.4) is 0 Å². The zero-order valence-electron chi connectivity index (χ0n) is 13.9. The Labute approximate surface area is 156 Å². The fourth-order valence-electron chi connectivity index (χ4n) is 3.78. The lowest BCUT2D eigenvalue weighted by Gasteiger charge is -2.49. The van der Waals surface area contributed by atoms with Gasteiger partial charge in [-0.1, -0.05) is 22.9 Å². The van der Waals surface area contributed by atoms with Crippen LogP contribution in [0.4, 0.5) is 0 Å². The summed E-state index contributed by atoms with van der Waals surface area (Å²) in [6.07, 6.45) is 3.92. The third-order valence-corrected chi connectivity index (χ3v) is 6.33. The van der Waals surface area contributed by atoms with E-state index in [9.17, 15) is 4.79 Å². The van der Waals surface area contributed by atoms with Gasteiger partial charge in [-0.3, -0.25) is 9.69 Å². The molecule has 5 rings (SSSR count). The van der Waals surface area contributed by atoms with Crippen molar-refractivity contribution in [1.82, 2.24) is 15.2 Å². The van der Waals surface area contributed by atoms with Gasteiger partial charge in [0.25, 0.3) is 11.1 Å². The molecule has 3 aliphatic heterocycles. The summed E-state index contributed by atoms with van der Waals surface area (Å²) < 4.78 is 5.69. The van der Waals surface area contributed by atoms with Crippen molar-refractivity contribution in [2.24, 2.45) is 5.92 Å². The minimum absolute atomic E-state index is 0.0611. The summed E-state index contributed by atoms with van der Waals surface area (Å²) >= 11 is 7.12. The number of nitrogens with zero attached hydrogens (tertiary/aromatic N) is 2. The topological polar surface area (TPSA) is 54.5 Å².